The molecule has 4 atom stereocenters. The molecule has 1 aromatic carbocycles. The van der Waals surface area contributed by atoms with Crippen LogP contribution in [0.4, 0.5) is 0 Å². The molecule has 0 aliphatic carbocycles. The molecule has 0 spiro atoms. The lowest BCUT2D eigenvalue weighted by Crippen LogP contribution is -2.43. The Morgan fingerprint density at radius 2 is 1.92 bits per heavy atom. The molecular formula is C17H19ClN2O6. The minimum Gasteiger partial charge on any atom is -0.394 e. The summed E-state index contributed by atoms with van der Waals surface area (Å²) in [7, 11) is 0. The number of aryl methyl sites for hydroxylation is 1. The first-order valence-corrected chi connectivity index (χ1v) is 8.49. The van der Waals surface area contributed by atoms with Crippen molar-refractivity contribution in [3.63, 3.8) is 0 Å². The van der Waals surface area contributed by atoms with Gasteiger partial charge < -0.3 is 20.1 Å². The number of halogens is 1. The fraction of sp³-hybridized carbons (Fsp3) is 0.412. The summed E-state index contributed by atoms with van der Waals surface area (Å²) in [6.45, 7) is -0.383. The number of hydrogen-bond acceptors (Lipinski definition) is 6. The van der Waals surface area contributed by atoms with Crippen LogP contribution in [-0.2, 0) is 17.7 Å². The highest BCUT2D eigenvalue weighted by Gasteiger charge is 2.43. The molecule has 1 aliphatic rings. The lowest BCUT2D eigenvalue weighted by atomic mass is 10.1. The van der Waals surface area contributed by atoms with Gasteiger partial charge in [-0.15, -0.1) is 0 Å². The van der Waals surface area contributed by atoms with Gasteiger partial charge >= 0.3 is 5.69 Å². The molecule has 0 bridgehead atoms. The van der Waals surface area contributed by atoms with Crippen LogP contribution in [0, 0.1) is 0 Å². The van der Waals surface area contributed by atoms with Crippen molar-refractivity contribution >= 4 is 11.6 Å². The van der Waals surface area contributed by atoms with Gasteiger partial charge in [0.05, 0.1) is 6.61 Å². The van der Waals surface area contributed by atoms with E-state index in [-0.39, 0.29) is 6.54 Å². The Balaban J connectivity index is 1.87. The largest absolute Gasteiger partial charge is 0.394 e. The third kappa shape index (κ3) is 3.60. The Morgan fingerprint density at radius 3 is 2.58 bits per heavy atom. The zero-order valence-electron chi connectivity index (χ0n) is 13.7. The van der Waals surface area contributed by atoms with Gasteiger partial charge in [-0.05, 0) is 24.1 Å². The van der Waals surface area contributed by atoms with Crippen LogP contribution in [0.1, 0.15) is 11.8 Å². The molecule has 3 rings (SSSR count). The molecule has 0 saturated carbocycles. The highest BCUT2D eigenvalue weighted by atomic mass is 35.5. The molecule has 1 aromatic heterocycles. The van der Waals surface area contributed by atoms with Gasteiger partial charge in [-0.25, -0.2) is 4.79 Å². The topological polar surface area (TPSA) is 114 Å². The number of aromatic nitrogens is 2. The van der Waals surface area contributed by atoms with Gasteiger partial charge in [0.2, 0.25) is 0 Å². The molecule has 26 heavy (non-hydrogen) atoms. The number of benzene rings is 1. The monoisotopic (exact) mass is 382 g/mol. The maximum Gasteiger partial charge on any atom is 0.333 e. The predicted octanol–water partition coefficient (Wildman–Crippen LogP) is -0.482. The minimum atomic E-state index is -1.40. The van der Waals surface area contributed by atoms with E-state index in [1.807, 2.05) is 6.07 Å². The van der Waals surface area contributed by atoms with Crippen molar-refractivity contribution in [3.05, 3.63) is 68.0 Å². The molecule has 8 nitrogen and oxygen atoms in total. The van der Waals surface area contributed by atoms with Crippen molar-refractivity contribution < 1.29 is 20.1 Å². The molecule has 1 fully saturated rings. The van der Waals surface area contributed by atoms with Gasteiger partial charge in [-0.3, -0.25) is 13.9 Å². The predicted molar refractivity (Wildman–Crippen MR) is 93.1 cm³/mol. The first-order valence-electron chi connectivity index (χ1n) is 8.11. The number of ether oxygens (including phenoxy) is 1. The molecule has 3 N–H and O–H groups in total. The SMILES string of the molecule is O=c1ccn([C@@H]2O[C@H](CO)C(O)[C@@H]2O)c(=O)n1CCc1cccc(Cl)c1. The fourth-order valence-electron chi connectivity index (χ4n) is 2.97. The summed E-state index contributed by atoms with van der Waals surface area (Å²) in [4.78, 5) is 24.8. The molecule has 1 aliphatic heterocycles. The number of aliphatic hydroxyl groups is 3. The van der Waals surface area contributed by atoms with Crippen LogP contribution in [0.25, 0.3) is 0 Å². The van der Waals surface area contributed by atoms with Gasteiger partial charge in [0.25, 0.3) is 5.56 Å². The molecule has 140 valence electrons. The maximum absolute atomic E-state index is 12.7. The molecule has 1 saturated heterocycles. The standard InChI is InChI=1S/C17H19ClN2O6/c18-11-3-1-2-10(8-11)4-6-19-13(22)5-7-20(17(19)25)16-15(24)14(23)12(9-21)26-16/h1-3,5,7-8,12,14-16,21,23-24H,4,6,9H2/t12-,14?,15+,16-/m1/s1. The minimum absolute atomic E-state index is 0.119. The van der Waals surface area contributed by atoms with Gasteiger partial charge in [-0.1, -0.05) is 23.7 Å². The Labute approximate surface area is 153 Å². The third-order valence-corrected chi connectivity index (χ3v) is 4.64. The first-order chi connectivity index (χ1) is 12.4. The second kappa shape index (κ2) is 7.73. The highest BCUT2D eigenvalue weighted by molar-refractivity contribution is 6.30. The van der Waals surface area contributed by atoms with Gasteiger partial charge in [0.15, 0.2) is 6.23 Å². The average molecular weight is 383 g/mol. The Morgan fingerprint density at radius 1 is 1.15 bits per heavy atom. The second-order valence-electron chi connectivity index (χ2n) is 6.10. The highest BCUT2D eigenvalue weighted by Crippen LogP contribution is 2.27. The molecule has 0 radical (unpaired) electrons. The van der Waals surface area contributed by atoms with Crippen LogP contribution in [0.3, 0.4) is 0 Å². The molecule has 1 unspecified atom stereocenters. The van der Waals surface area contributed by atoms with Crippen molar-refractivity contribution in [1.82, 2.24) is 9.13 Å². The number of hydrogen-bond donors (Lipinski definition) is 3. The van der Waals surface area contributed by atoms with E-state index >= 15 is 0 Å². The zero-order valence-corrected chi connectivity index (χ0v) is 14.5. The quantitative estimate of drug-likeness (QED) is 0.643. The summed E-state index contributed by atoms with van der Waals surface area (Å²) in [5.74, 6) is 0. The van der Waals surface area contributed by atoms with Crippen molar-refractivity contribution in [2.24, 2.45) is 0 Å². The van der Waals surface area contributed by atoms with Crippen LogP contribution < -0.4 is 11.2 Å². The van der Waals surface area contributed by atoms with Crippen molar-refractivity contribution in [2.45, 2.75) is 37.5 Å². The second-order valence-corrected chi connectivity index (χ2v) is 6.54. The number of rotatable bonds is 5. The van der Waals surface area contributed by atoms with Crippen molar-refractivity contribution in [3.8, 4) is 0 Å². The van der Waals surface area contributed by atoms with Gasteiger partial charge in [0.1, 0.15) is 18.3 Å². The molecule has 9 heteroatoms. The van der Waals surface area contributed by atoms with E-state index in [1.54, 1.807) is 18.2 Å². The van der Waals surface area contributed by atoms with E-state index in [1.165, 1.54) is 12.3 Å². The van der Waals surface area contributed by atoms with Crippen LogP contribution in [0.15, 0.2) is 46.1 Å². The smallest absolute Gasteiger partial charge is 0.333 e. The Bertz CT molecular complexity index is 895. The van der Waals surface area contributed by atoms with Gasteiger partial charge in [-0.2, -0.15) is 0 Å². The summed E-state index contributed by atoms with van der Waals surface area (Å²) in [6.07, 6.45) is -3.30. The molecule has 2 aromatic rings. The molecular weight excluding hydrogens is 364 g/mol. The first kappa shape index (κ1) is 18.8. The van der Waals surface area contributed by atoms with Crippen molar-refractivity contribution in [1.29, 1.82) is 0 Å². The Hall–Kier alpha value is -1.97. The van der Waals surface area contributed by atoms with Crippen LogP contribution in [0.5, 0.6) is 0 Å². The third-order valence-electron chi connectivity index (χ3n) is 4.40. The molecule has 2 heterocycles. The van der Waals surface area contributed by atoms with E-state index in [0.717, 1.165) is 14.7 Å². The van der Waals surface area contributed by atoms with E-state index in [9.17, 15) is 24.9 Å². The average Bonchev–Trinajstić information content (AvgIpc) is 2.90. The summed E-state index contributed by atoms with van der Waals surface area (Å²) >= 11 is 5.93. The fourth-order valence-corrected chi connectivity index (χ4v) is 3.19. The molecule has 0 amide bonds. The summed E-state index contributed by atoms with van der Waals surface area (Å²) < 4.78 is 7.42. The van der Waals surface area contributed by atoms with E-state index < -0.39 is 42.4 Å². The number of aliphatic hydroxyl groups excluding tert-OH is 3. The lowest BCUT2D eigenvalue weighted by Gasteiger charge is -2.18. The zero-order chi connectivity index (χ0) is 18.8. The summed E-state index contributed by atoms with van der Waals surface area (Å²) in [5.41, 5.74) is -0.290. The Kier molecular flexibility index (Phi) is 5.59. The summed E-state index contributed by atoms with van der Waals surface area (Å²) in [6, 6.07) is 8.29. The summed E-state index contributed by atoms with van der Waals surface area (Å²) in [5, 5.41) is 29.7. The van der Waals surface area contributed by atoms with E-state index in [0.29, 0.717) is 11.4 Å². The van der Waals surface area contributed by atoms with Crippen LogP contribution in [-0.4, -0.2) is 49.4 Å². The van der Waals surface area contributed by atoms with Crippen LogP contribution >= 0.6 is 11.6 Å². The van der Waals surface area contributed by atoms with E-state index in [2.05, 4.69) is 0 Å². The van der Waals surface area contributed by atoms with E-state index in [4.69, 9.17) is 16.3 Å². The number of nitrogens with zero attached hydrogens (tertiary/aromatic N) is 2. The normalized spacial score (nSPS) is 25.5. The maximum atomic E-state index is 12.7. The van der Waals surface area contributed by atoms with Gasteiger partial charge in [0, 0.05) is 23.8 Å². The van der Waals surface area contributed by atoms with Crippen LogP contribution in [0.2, 0.25) is 5.02 Å². The lowest BCUT2D eigenvalue weighted by molar-refractivity contribution is -0.0556. The van der Waals surface area contributed by atoms with Crippen molar-refractivity contribution in [2.75, 3.05) is 6.61 Å².